The maximum Gasteiger partial charge on any atom is 0.122 e. The Morgan fingerprint density at radius 1 is 1.00 bits per heavy atom. The summed E-state index contributed by atoms with van der Waals surface area (Å²) >= 11 is 0. The molecule has 0 aliphatic rings. The molecule has 4 heteroatoms. The number of hydrogen-bond acceptors (Lipinski definition) is 4. The van der Waals surface area contributed by atoms with Crippen LogP contribution >= 0.6 is 0 Å². The molecular weight excluding hydrogens is 230 g/mol. The number of rotatable bonds is 8. The van der Waals surface area contributed by atoms with E-state index in [0.29, 0.717) is 19.8 Å². The topological polar surface area (TPSA) is 53.7 Å². The minimum atomic E-state index is 0.553. The fraction of sp³-hybridized carbons (Fsp3) is 0.571. The lowest BCUT2D eigenvalue weighted by molar-refractivity contribution is 0.0805. The fourth-order valence-corrected chi connectivity index (χ4v) is 1.59. The highest BCUT2D eigenvalue weighted by Crippen LogP contribution is 2.23. The van der Waals surface area contributed by atoms with Crippen LogP contribution in [0.15, 0.2) is 12.1 Å². The van der Waals surface area contributed by atoms with Gasteiger partial charge < -0.3 is 19.9 Å². The van der Waals surface area contributed by atoms with Crippen molar-refractivity contribution in [3.8, 4) is 5.75 Å². The summed E-state index contributed by atoms with van der Waals surface area (Å²) < 4.78 is 16.0. The Kier molecular flexibility index (Phi) is 6.54. The third-order valence-corrected chi connectivity index (χ3v) is 2.69. The molecule has 0 radical (unpaired) electrons. The van der Waals surface area contributed by atoms with Crippen LogP contribution < -0.4 is 10.5 Å². The van der Waals surface area contributed by atoms with Crippen LogP contribution in [-0.4, -0.2) is 33.5 Å². The summed E-state index contributed by atoms with van der Waals surface area (Å²) in [5.41, 5.74) is 8.71. The molecule has 0 amide bonds. The molecule has 1 aromatic carbocycles. The van der Waals surface area contributed by atoms with Gasteiger partial charge in [-0.15, -0.1) is 0 Å². The predicted octanol–water partition coefficient (Wildman–Crippen LogP) is 2.32. The molecule has 0 spiro atoms. The zero-order valence-corrected chi connectivity index (χ0v) is 11.5. The van der Waals surface area contributed by atoms with Crippen molar-refractivity contribution >= 4 is 5.69 Å². The first-order chi connectivity index (χ1) is 8.65. The summed E-state index contributed by atoms with van der Waals surface area (Å²) in [6.45, 7) is 6.55. The summed E-state index contributed by atoms with van der Waals surface area (Å²) in [5, 5.41) is 0. The van der Waals surface area contributed by atoms with Crippen molar-refractivity contribution in [3.63, 3.8) is 0 Å². The van der Waals surface area contributed by atoms with Crippen molar-refractivity contribution in [1.29, 1.82) is 0 Å². The average molecular weight is 253 g/mol. The van der Waals surface area contributed by atoms with E-state index in [1.807, 2.05) is 26.0 Å². The van der Waals surface area contributed by atoms with Gasteiger partial charge >= 0.3 is 0 Å². The van der Waals surface area contributed by atoms with Crippen LogP contribution in [0, 0.1) is 13.8 Å². The monoisotopic (exact) mass is 253 g/mol. The molecule has 0 aliphatic carbocycles. The van der Waals surface area contributed by atoms with E-state index < -0.39 is 0 Å². The maximum absolute atomic E-state index is 5.82. The molecule has 4 nitrogen and oxygen atoms in total. The molecule has 0 heterocycles. The maximum atomic E-state index is 5.82. The highest BCUT2D eigenvalue weighted by atomic mass is 16.5. The van der Waals surface area contributed by atoms with Crippen LogP contribution in [0.1, 0.15) is 17.5 Å². The van der Waals surface area contributed by atoms with Gasteiger partial charge in [0.2, 0.25) is 0 Å². The Morgan fingerprint density at radius 3 is 2.50 bits per heavy atom. The van der Waals surface area contributed by atoms with Crippen molar-refractivity contribution in [1.82, 2.24) is 0 Å². The number of aryl methyl sites for hydroxylation is 2. The molecule has 0 bridgehead atoms. The van der Waals surface area contributed by atoms with Crippen LogP contribution in [0.3, 0.4) is 0 Å². The van der Waals surface area contributed by atoms with Crippen molar-refractivity contribution in [2.24, 2.45) is 0 Å². The number of methoxy groups -OCH3 is 1. The van der Waals surface area contributed by atoms with Crippen LogP contribution in [0.4, 0.5) is 5.69 Å². The summed E-state index contributed by atoms with van der Waals surface area (Å²) in [5.74, 6) is 0.877. The van der Waals surface area contributed by atoms with E-state index in [4.69, 9.17) is 19.9 Å². The van der Waals surface area contributed by atoms with E-state index in [-0.39, 0.29) is 0 Å². The number of ether oxygens (including phenoxy) is 3. The van der Waals surface area contributed by atoms with Gasteiger partial charge in [0, 0.05) is 26.0 Å². The minimum Gasteiger partial charge on any atom is -0.491 e. The van der Waals surface area contributed by atoms with Gasteiger partial charge in [0.25, 0.3) is 0 Å². The summed E-state index contributed by atoms with van der Waals surface area (Å²) in [7, 11) is 1.69. The van der Waals surface area contributed by atoms with Crippen molar-refractivity contribution < 1.29 is 14.2 Å². The summed E-state index contributed by atoms with van der Waals surface area (Å²) in [6, 6.07) is 3.90. The van der Waals surface area contributed by atoms with Crippen molar-refractivity contribution in [2.75, 3.05) is 39.3 Å². The Labute approximate surface area is 109 Å². The molecule has 0 fully saturated rings. The SMILES string of the molecule is COCCCOCCOc1cc(C)c(N)cc1C. The number of anilines is 1. The first-order valence-electron chi connectivity index (χ1n) is 6.21. The van der Waals surface area contributed by atoms with E-state index in [1.165, 1.54) is 0 Å². The zero-order valence-electron chi connectivity index (χ0n) is 11.5. The Morgan fingerprint density at radius 2 is 1.78 bits per heavy atom. The molecule has 1 aromatic rings. The molecule has 1 rings (SSSR count). The smallest absolute Gasteiger partial charge is 0.122 e. The van der Waals surface area contributed by atoms with E-state index in [0.717, 1.165) is 35.6 Å². The number of nitrogen functional groups attached to an aromatic ring is 1. The second kappa shape index (κ2) is 7.95. The van der Waals surface area contributed by atoms with E-state index in [1.54, 1.807) is 7.11 Å². The van der Waals surface area contributed by atoms with E-state index in [9.17, 15) is 0 Å². The van der Waals surface area contributed by atoms with Crippen LogP contribution in [0.2, 0.25) is 0 Å². The van der Waals surface area contributed by atoms with Crippen LogP contribution in [0.25, 0.3) is 0 Å². The first kappa shape index (κ1) is 14.8. The van der Waals surface area contributed by atoms with Gasteiger partial charge in [-0.2, -0.15) is 0 Å². The third kappa shape index (κ3) is 4.94. The Hall–Kier alpha value is -1.26. The number of hydrogen-bond donors (Lipinski definition) is 1. The minimum absolute atomic E-state index is 0.553. The molecule has 0 saturated heterocycles. The lowest BCUT2D eigenvalue weighted by Crippen LogP contribution is -2.09. The second-order valence-electron chi connectivity index (χ2n) is 4.28. The third-order valence-electron chi connectivity index (χ3n) is 2.69. The molecular formula is C14H23NO3. The molecule has 102 valence electrons. The Balaban J connectivity index is 2.25. The Bertz CT molecular complexity index is 366. The summed E-state index contributed by atoms with van der Waals surface area (Å²) in [4.78, 5) is 0. The summed E-state index contributed by atoms with van der Waals surface area (Å²) in [6.07, 6.45) is 0.913. The highest BCUT2D eigenvalue weighted by molar-refractivity contribution is 5.53. The van der Waals surface area contributed by atoms with E-state index in [2.05, 4.69) is 0 Å². The number of nitrogens with two attached hydrogens (primary N) is 1. The zero-order chi connectivity index (χ0) is 13.4. The van der Waals surface area contributed by atoms with Crippen LogP contribution in [0.5, 0.6) is 5.75 Å². The highest BCUT2D eigenvalue weighted by Gasteiger charge is 2.03. The first-order valence-corrected chi connectivity index (χ1v) is 6.21. The molecule has 0 atom stereocenters. The second-order valence-corrected chi connectivity index (χ2v) is 4.28. The lowest BCUT2D eigenvalue weighted by atomic mass is 10.1. The predicted molar refractivity (Wildman–Crippen MR) is 73.1 cm³/mol. The largest absolute Gasteiger partial charge is 0.491 e. The van der Waals surface area contributed by atoms with Crippen molar-refractivity contribution in [3.05, 3.63) is 23.3 Å². The van der Waals surface area contributed by atoms with Crippen molar-refractivity contribution in [2.45, 2.75) is 20.3 Å². The van der Waals surface area contributed by atoms with Crippen LogP contribution in [-0.2, 0) is 9.47 Å². The quantitative estimate of drug-likeness (QED) is 0.570. The fourth-order valence-electron chi connectivity index (χ4n) is 1.59. The van der Waals surface area contributed by atoms with Gasteiger partial charge in [-0.1, -0.05) is 0 Å². The van der Waals surface area contributed by atoms with Gasteiger partial charge in [0.1, 0.15) is 12.4 Å². The van der Waals surface area contributed by atoms with Gasteiger partial charge in [-0.25, -0.2) is 0 Å². The molecule has 0 aliphatic heterocycles. The number of benzene rings is 1. The van der Waals surface area contributed by atoms with Gasteiger partial charge in [-0.3, -0.25) is 0 Å². The average Bonchev–Trinajstić information content (AvgIpc) is 2.34. The van der Waals surface area contributed by atoms with Gasteiger partial charge in [0.05, 0.1) is 6.61 Å². The lowest BCUT2D eigenvalue weighted by Gasteiger charge is -2.11. The normalized spacial score (nSPS) is 10.6. The molecule has 0 saturated carbocycles. The molecule has 0 unspecified atom stereocenters. The van der Waals surface area contributed by atoms with Gasteiger partial charge in [0.15, 0.2) is 0 Å². The molecule has 18 heavy (non-hydrogen) atoms. The van der Waals surface area contributed by atoms with E-state index >= 15 is 0 Å². The molecule has 0 aromatic heterocycles. The molecule has 2 N–H and O–H groups in total. The van der Waals surface area contributed by atoms with Gasteiger partial charge in [-0.05, 0) is 43.5 Å². The standard InChI is InChI=1S/C14H23NO3/c1-11-10-14(12(2)9-13(11)15)18-8-7-17-6-4-5-16-3/h9-10H,4-8,15H2,1-3H3.